The van der Waals surface area contributed by atoms with Gasteiger partial charge in [0.05, 0.1) is 6.10 Å². The first-order chi connectivity index (χ1) is 12.0. The van der Waals surface area contributed by atoms with Crippen molar-refractivity contribution in [3.63, 3.8) is 0 Å². The van der Waals surface area contributed by atoms with E-state index in [1.165, 1.54) is 18.4 Å². The minimum absolute atomic E-state index is 0.0851. The van der Waals surface area contributed by atoms with Crippen molar-refractivity contribution in [2.24, 2.45) is 5.92 Å². The summed E-state index contributed by atoms with van der Waals surface area (Å²) in [7, 11) is -1.66. The van der Waals surface area contributed by atoms with Crippen molar-refractivity contribution >= 4 is 14.6 Å². The maximum Gasteiger partial charge on any atom is 0.192 e. The lowest BCUT2D eigenvalue weighted by molar-refractivity contribution is -0.104. The number of aldehydes is 1. The van der Waals surface area contributed by atoms with Gasteiger partial charge < -0.3 is 4.43 Å². The molecule has 0 aliphatic heterocycles. The lowest BCUT2D eigenvalue weighted by atomic mass is 10.0. The summed E-state index contributed by atoms with van der Waals surface area (Å²) < 4.78 is 6.68. The summed E-state index contributed by atoms with van der Waals surface area (Å²) >= 11 is 0. The Balaban J connectivity index is 4.99. The first-order valence-corrected chi connectivity index (χ1v) is 12.6. The van der Waals surface area contributed by atoms with E-state index in [2.05, 4.69) is 59.8 Å². The van der Waals surface area contributed by atoms with Crippen LogP contribution in [0.2, 0.25) is 18.1 Å². The highest BCUT2D eigenvalue weighted by Crippen LogP contribution is 2.27. The second-order valence-corrected chi connectivity index (χ2v) is 11.8. The Morgan fingerprint density at radius 2 is 1.68 bits per heavy atom. The molecule has 0 spiro atoms. The molecule has 0 saturated carbocycles. The third-order valence-electron chi connectivity index (χ3n) is 5.42. The van der Waals surface area contributed by atoms with Crippen molar-refractivity contribution in [3.05, 3.63) is 36.0 Å². The fourth-order valence-electron chi connectivity index (χ4n) is 2.89. The number of carbonyl (C=O) groups is 1. The molecule has 1 unspecified atom stereocenters. The van der Waals surface area contributed by atoms with Crippen molar-refractivity contribution < 1.29 is 9.22 Å². The minimum Gasteiger partial charge on any atom is -0.410 e. The van der Waals surface area contributed by atoms with Crippen LogP contribution >= 0.6 is 0 Å². The fourth-order valence-corrected chi connectivity index (χ4v) is 5.78. The van der Waals surface area contributed by atoms with Crippen LogP contribution in [0.25, 0.3) is 0 Å². The number of carbonyl (C=O) groups excluding carboxylic acids is 1. The van der Waals surface area contributed by atoms with Gasteiger partial charge in [0.1, 0.15) is 6.29 Å². The van der Waals surface area contributed by atoms with Crippen molar-refractivity contribution in [1.82, 2.24) is 0 Å². The third kappa shape index (κ3) is 9.96. The molecule has 0 aromatic carbocycles. The van der Waals surface area contributed by atoms with Crippen LogP contribution in [-0.4, -0.2) is 20.7 Å². The Hall–Kier alpha value is -0.933. The zero-order valence-electron chi connectivity index (χ0n) is 17.4. The average molecular weight is 365 g/mol. The second-order valence-electron chi connectivity index (χ2n) is 7.08. The van der Waals surface area contributed by atoms with Crippen molar-refractivity contribution in [1.29, 1.82) is 0 Å². The van der Waals surface area contributed by atoms with Gasteiger partial charge in [-0.15, -0.1) is 0 Å². The predicted octanol–water partition coefficient (Wildman–Crippen LogP) is 6.85. The maximum absolute atomic E-state index is 10.6. The molecule has 2 atom stereocenters. The van der Waals surface area contributed by atoms with E-state index >= 15 is 0 Å². The van der Waals surface area contributed by atoms with Gasteiger partial charge in [-0.3, -0.25) is 4.79 Å². The fraction of sp³-hybridized carbons (Fsp3) is 0.682. The molecule has 0 aromatic rings. The Labute approximate surface area is 157 Å². The molecule has 0 radical (unpaired) electrons. The molecule has 0 bridgehead atoms. The Morgan fingerprint density at radius 1 is 1.04 bits per heavy atom. The molecule has 0 amide bonds. The van der Waals surface area contributed by atoms with Crippen LogP contribution in [0.15, 0.2) is 36.0 Å². The molecule has 0 rings (SSSR count). The van der Waals surface area contributed by atoms with Crippen molar-refractivity contribution in [3.8, 4) is 0 Å². The van der Waals surface area contributed by atoms with Crippen LogP contribution in [0.4, 0.5) is 0 Å². The molecule has 25 heavy (non-hydrogen) atoms. The van der Waals surface area contributed by atoms with Crippen LogP contribution in [0.1, 0.15) is 67.2 Å². The van der Waals surface area contributed by atoms with E-state index in [1.54, 1.807) is 6.08 Å². The van der Waals surface area contributed by atoms with E-state index in [4.69, 9.17) is 4.43 Å². The molecule has 0 aliphatic carbocycles. The molecule has 0 N–H and O–H groups in total. The van der Waals surface area contributed by atoms with Crippen molar-refractivity contribution in [2.45, 2.75) is 91.5 Å². The van der Waals surface area contributed by atoms with Crippen LogP contribution < -0.4 is 0 Å². The van der Waals surface area contributed by atoms with Gasteiger partial charge in [-0.25, -0.2) is 0 Å². The van der Waals surface area contributed by atoms with E-state index in [0.717, 1.165) is 43.2 Å². The van der Waals surface area contributed by atoms with Gasteiger partial charge in [0.25, 0.3) is 0 Å². The van der Waals surface area contributed by atoms with Gasteiger partial charge >= 0.3 is 0 Å². The van der Waals surface area contributed by atoms with Crippen molar-refractivity contribution in [2.75, 3.05) is 0 Å². The van der Waals surface area contributed by atoms with E-state index < -0.39 is 8.32 Å². The summed E-state index contributed by atoms with van der Waals surface area (Å²) in [5, 5.41) is 0. The molecular weight excluding hydrogens is 324 g/mol. The van der Waals surface area contributed by atoms with Gasteiger partial charge in [-0.2, -0.15) is 0 Å². The molecule has 0 saturated heterocycles. The van der Waals surface area contributed by atoms with Gasteiger partial charge in [0.2, 0.25) is 0 Å². The van der Waals surface area contributed by atoms with E-state index in [9.17, 15) is 4.79 Å². The zero-order chi connectivity index (χ0) is 19.1. The third-order valence-corrected chi connectivity index (χ3v) is 10.1. The Kier molecular flexibility index (Phi) is 13.7. The minimum atomic E-state index is -1.66. The molecule has 0 aliphatic rings. The highest BCUT2D eigenvalue weighted by molar-refractivity contribution is 6.73. The van der Waals surface area contributed by atoms with E-state index in [0.29, 0.717) is 0 Å². The van der Waals surface area contributed by atoms with Crippen LogP contribution in [-0.2, 0) is 9.22 Å². The standard InChI is InChI=1S/C22H40O2Si/c1-7-20(5)16-12-11-13-17-21(6)22(18-14-15-19-23)24-25(8-2,9-3)10-4/h11,13-15,17,19-20,22H,7-10,12,16,18H2,1-6H3/b13-11+,15-14+,21-17+/t20-,22?/m0/s1. The lowest BCUT2D eigenvalue weighted by Gasteiger charge is -2.33. The van der Waals surface area contributed by atoms with Gasteiger partial charge in [0, 0.05) is 0 Å². The molecule has 0 aromatic heterocycles. The van der Waals surface area contributed by atoms with Crippen LogP contribution in [0, 0.1) is 5.92 Å². The topological polar surface area (TPSA) is 26.3 Å². The summed E-state index contributed by atoms with van der Waals surface area (Å²) in [5.41, 5.74) is 1.25. The number of allylic oxidation sites excluding steroid dienone is 4. The predicted molar refractivity (Wildman–Crippen MR) is 113 cm³/mol. The zero-order valence-corrected chi connectivity index (χ0v) is 18.4. The van der Waals surface area contributed by atoms with E-state index in [1.807, 2.05) is 6.08 Å². The van der Waals surface area contributed by atoms with Gasteiger partial charge in [0.15, 0.2) is 8.32 Å². The molecule has 0 heterocycles. The first-order valence-electron chi connectivity index (χ1n) is 10.1. The average Bonchev–Trinajstić information content (AvgIpc) is 2.64. The van der Waals surface area contributed by atoms with Crippen LogP contribution in [0.5, 0.6) is 0 Å². The van der Waals surface area contributed by atoms with Gasteiger partial charge in [-0.05, 0) is 61.9 Å². The molecular formula is C22H40O2Si. The number of hydrogen-bond donors (Lipinski definition) is 0. The normalized spacial score (nSPS) is 15.8. The Bertz CT molecular complexity index is 425. The van der Waals surface area contributed by atoms with Gasteiger partial charge in [-0.1, -0.05) is 65.3 Å². The summed E-state index contributed by atoms with van der Waals surface area (Å²) in [6.07, 6.45) is 15.5. The first kappa shape index (κ1) is 24.1. The highest BCUT2D eigenvalue weighted by Gasteiger charge is 2.32. The molecule has 2 nitrogen and oxygen atoms in total. The smallest absolute Gasteiger partial charge is 0.192 e. The second kappa shape index (κ2) is 14.3. The highest BCUT2D eigenvalue weighted by atomic mass is 28.4. The van der Waals surface area contributed by atoms with Crippen LogP contribution in [0.3, 0.4) is 0 Å². The van der Waals surface area contributed by atoms with E-state index in [-0.39, 0.29) is 6.10 Å². The molecule has 144 valence electrons. The lowest BCUT2D eigenvalue weighted by Crippen LogP contribution is -2.40. The summed E-state index contributed by atoms with van der Waals surface area (Å²) in [5.74, 6) is 0.796. The maximum atomic E-state index is 10.6. The quantitative estimate of drug-likeness (QED) is 0.146. The number of rotatable bonds is 14. The monoisotopic (exact) mass is 364 g/mol. The summed E-state index contributed by atoms with van der Waals surface area (Å²) in [6, 6.07) is 3.43. The Morgan fingerprint density at radius 3 is 2.20 bits per heavy atom. The summed E-state index contributed by atoms with van der Waals surface area (Å²) in [4.78, 5) is 10.6. The largest absolute Gasteiger partial charge is 0.410 e. The summed E-state index contributed by atoms with van der Waals surface area (Å²) in [6.45, 7) is 13.5. The molecule has 0 fully saturated rings. The molecule has 3 heteroatoms. The SMILES string of the molecule is CC[C@H](C)CC/C=C/C=C(\C)C(C/C=C/C=O)O[Si](CC)(CC)CC. The number of hydrogen-bond acceptors (Lipinski definition) is 2.